The summed E-state index contributed by atoms with van der Waals surface area (Å²) in [5, 5.41) is 3.16. The fraction of sp³-hybridized carbons (Fsp3) is 0.600. The van der Waals surface area contributed by atoms with Crippen molar-refractivity contribution >= 4 is 15.9 Å². The first-order valence-corrected chi connectivity index (χ1v) is 7.81. The predicted molar refractivity (Wildman–Crippen MR) is 82.2 cm³/mol. The van der Waals surface area contributed by atoms with E-state index in [0.717, 1.165) is 24.2 Å². The standard InChI is InChI=1S/C15H23BrN2O/c1-17-11-13-4-5-14(15(16)10-13)12-19-9-8-18-6-2-3-7-18/h4-5,10,17H,2-3,6-9,11-12H2,1H3. The van der Waals surface area contributed by atoms with Crippen LogP contribution >= 0.6 is 15.9 Å². The van der Waals surface area contributed by atoms with Gasteiger partial charge in [-0.2, -0.15) is 0 Å². The molecule has 0 bridgehead atoms. The Labute approximate surface area is 124 Å². The van der Waals surface area contributed by atoms with Gasteiger partial charge >= 0.3 is 0 Å². The Morgan fingerprint density at radius 1 is 1.32 bits per heavy atom. The summed E-state index contributed by atoms with van der Waals surface area (Å²) in [6, 6.07) is 6.46. The van der Waals surface area contributed by atoms with E-state index in [1.807, 2.05) is 7.05 Å². The molecule has 1 aromatic rings. The van der Waals surface area contributed by atoms with Crippen molar-refractivity contribution < 1.29 is 4.74 Å². The van der Waals surface area contributed by atoms with E-state index >= 15 is 0 Å². The van der Waals surface area contributed by atoms with E-state index in [1.165, 1.54) is 37.1 Å². The SMILES string of the molecule is CNCc1ccc(COCCN2CCCC2)c(Br)c1. The van der Waals surface area contributed by atoms with E-state index in [-0.39, 0.29) is 0 Å². The first-order chi connectivity index (χ1) is 9.29. The van der Waals surface area contributed by atoms with Gasteiger partial charge in [0.2, 0.25) is 0 Å². The topological polar surface area (TPSA) is 24.5 Å². The quantitative estimate of drug-likeness (QED) is 0.780. The lowest BCUT2D eigenvalue weighted by molar-refractivity contribution is 0.0989. The second kappa shape index (κ2) is 8.00. The highest BCUT2D eigenvalue weighted by atomic mass is 79.9. The van der Waals surface area contributed by atoms with Crippen molar-refractivity contribution in [3.63, 3.8) is 0 Å². The van der Waals surface area contributed by atoms with E-state index < -0.39 is 0 Å². The number of hydrogen-bond acceptors (Lipinski definition) is 3. The van der Waals surface area contributed by atoms with Crippen molar-refractivity contribution in [1.82, 2.24) is 10.2 Å². The van der Waals surface area contributed by atoms with Gasteiger partial charge in [-0.05, 0) is 50.2 Å². The fourth-order valence-electron chi connectivity index (χ4n) is 2.40. The van der Waals surface area contributed by atoms with Crippen LogP contribution in [0.4, 0.5) is 0 Å². The third-order valence-corrected chi connectivity index (χ3v) is 4.24. The van der Waals surface area contributed by atoms with Gasteiger partial charge in [0, 0.05) is 17.6 Å². The van der Waals surface area contributed by atoms with Crippen molar-refractivity contribution in [2.75, 3.05) is 33.3 Å². The minimum atomic E-state index is 0.689. The van der Waals surface area contributed by atoms with Gasteiger partial charge in [0.05, 0.1) is 13.2 Å². The highest BCUT2D eigenvalue weighted by molar-refractivity contribution is 9.10. The zero-order chi connectivity index (χ0) is 13.5. The van der Waals surface area contributed by atoms with Crippen LogP contribution < -0.4 is 5.32 Å². The van der Waals surface area contributed by atoms with Crippen molar-refractivity contribution in [1.29, 1.82) is 0 Å². The van der Waals surface area contributed by atoms with Crippen molar-refractivity contribution in [3.8, 4) is 0 Å². The van der Waals surface area contributed by atoms with Crippen LogP contribution in [0.3, 0.4) is 0 Å². The summed E-state index contributed by atoms with van der Waals surface area (Å²) < 4.78 is 6.92. The van der Waals surface area contributed by atoms with E-state index in [2.05, 4.69) is 44.3 Å². The molecule has 0 radical (unpaired) electrons. The van der Waals surface area contributed by atoms with Crippen LogP contribution in [0.5, 0.6) is 0 Å². The first-order valence-electron chi connectivity index (χ1n) is 7.01. The Morgan fingerprint density at radius 2 is 2.11 bits per heavy atom. The molecule has 1 N–H and O–H groups in total. The molecule has 0 unspecified atom stereocenters. The zero-order valence-corrected chi connectivity index (χ0v) is 13.2. The van der Waals surface area contributed by atoms with E-state index in [9.17, 15) is 0 Å². The van der Waals surface area contributed by atoms with Crippen molar-refractivity contribution in [2.24, 2.45) is 0 Å². The molecule has 1 heterocycles. The lowest BCUT2D eigenvalue weighted by Gasteiger charge is -2.14. The third-order valence-electron chi connectivity index (χ3n) is 3.51. The van der Waals surface area contributed by atoms with Gasteiger partial charge in [0.1, 0.15) is 0 Å². The Kier molecular flexibility index (Phi) is 6.31. The summed E-state index contributed by atoms with van der Waals surface area (Å²) in [4.78, 5) is 2.48. The van der Waals surface area contributed by atoms with Gasteiger partial charge in [0.15, 0.2) is 0 Å². The molecule has 1 aromatic carbocycles. The maximum Gasteiger partial charge on any atom is 0.0728 e. The molecule has 2 rings (SSSR count). The second-order valence-electron chi connectivity index (χ2n) is 5.06. The van der Waals surface area contributed by atoms with Gasteiger partial charge in [-0.25, -0.2) is 0 Å². The molecular weight excluding hydrogens is 304 g/mol. The molecule has 1 fully saturated rings. The number of ether oxygens (including phenoxy) is 1. The molecule has 0 aliphatic carbocycles. The average Bonchev–Trinajstić information content (AvgIpc) is 2.90. The summed E-state index contributed by atoms with van der Waals surface area (Å²) in [7, 11) is 1.96. The highest BCUT2D eigenvalue weighted by Crippen LogP contribution is 2.19. The molecule has 1 saturated heterocycles. The third kappa shape index (κ3) is 4.88. The Morgan fingerprint density at radius 3 is 2.79 bits per heavy atom. The minimum Gasteiger partial charge on any atom is -0.375 e. The number of nitrogens with zero attached hydrogens (tertiary/aromatic N) is 1. The first kappa shape index (κ1) is 15.0. The number of rotatable bonds is 7. The summed E-state index contributed by atoms with van der Waals surface area (Å²) >= 11 is 3.62. The molecule has 4 heteroatoms. The average molecular weight is 327 g/mol. The number of likely N-dealkylation sites (tertiary alicyclic amines) is 1. The predicted octanol–water partition coefficient (Wildman–Crippen LogP) is 2.78. The lowest BCUT2D eigenvalue weighted by atomic mass is 10.1. The van der Waals surface area contributed by atoms with Gasteiger partial charge in [-0.15, -0.1) is 0 Å². The van der Waals surface area contributed by atoms with Crippen molar-refractivity contribution in [3.05, 3.63) is 33.8 Å². The molecule has 0 saturated carbocycles. The Bertz CT molecular complexity index is 392. The highest BCUT2D eigenvalue weighted by Gasteiger charge is 2.10. The Balaban J connectivity index is 1.72. The largest absolute Gasteiger partial charge is 0.375 e. The molecule has 106 valence electrons. The molecule has 1 aliphatic rings. The smallest absolute Gasteiger partial charge is 0.0728 e. The van der Waals surface area contributed by atoms with Crippen LogP contribution in [0.25, 0.3) is 0 Å². The minimum absolute atomic E-state index is 0.689. The molecule has 0 atom stereocenters. The molecule has 1 aliphatic heterocycles. The van der Waals surface area contributed by atoms with Gasteiger partial charge in [0.25, 0.3) is 0 Å². The molecule has 0 aromatic heterocycles. The van der Waals surface area contributed by atoms with Crippen LogP contribution in [-0.2, 0) is 17.9 Å². The van der Waals surface area contributed by atoms with Gasteiger partial charge < -0.3 is 15.0 Å². The van der Waals surface area contributed by atoms with Gasteiger partial charge in [-0.1, -0.05) is 28.1 Å². The van der Waals surface area contributed by atoms with E-state index in [0.29, 0.717) is 6.61 Å². The molecule has 19 heavy (non-hydrogen) atoms. The van der Waals surface area contributed by atoms with Crippen LogP contribution in [0.2, 0.25) is 0 Å². The second-order valence-corrected chi connectivity index (χ2v) is 5.91. The van der Waals surface area contributed by atoms with Crippen LogP contribution in [0.15, 0.2) is 22.7 Å². The lowest BCUT2D eigenvalue weighted by Crippen LogP contribution is -2.23. The maximum absolute atomic E-state index is 5.78. The normalized spacial score (nSPS) is 16.1. The van der Waals surface area contributed by atoms with Crippen LogP contribution in [0.1, 0.15) is 24.0 Å². The number of halogens is 1. The van der Waals surface area contributed by atoms with Gasteiger partial charge in [-0.3, -0.25) is 0 Å². The fourth-order valence-corrected chi connectivity index (χ4v) is 2.94. The monoisotopic (exact) mass is 326 g/mol. The van der Waals surface area contributed by atoms with Crippen molar-refractivity contribution in [2.45, 2.75) is 26.0 Å². The molecule has 0 amide bonds. The summed E-state index contributed by atoms with van der Waals surface area (Å²) in [6.45, 7) is 5.96. The maximum atomic E-state index is 5.78. The molecular formula is C15H23BrN2O. The van der Waals surface area contributed by atoms with Crippen LogP contribution in [-0.4, -0.2) is 38.2 Å². The number of nitrogens with one attached hydrogen (secondary N) is 1. The Hall–Kier alpha value is -0.420. The summed E-state index contributed by atoms with van der Waals surface area (Å²) in [6.07, 6.45) is 2.69. The number of benzene rings is 1. The number of hydrogen-bond donors (Lipinski definition) is 1. The van der Waals surface area contributed by atoms with Crippen LogP contribution in [0, 0.1) is 0 Å². The summed E-state index contributed by atoms with van der Waals surface area (Å²) in [5.41, 5.74) is 2.51. The molecule has 3 nitrogen and oxygen atoms in total. The van der Waals surface area contributed by atoms with E-state index in [4.69, 9.17) is 4.74 Å². The zero-order valence-electron chi connectivity index (χ0n) is 11.6. The molecule has 0 spiro atoms. The summed E-state index contributed by atoms with van der Waals surface area (Å²) in [5.74, 6) is 0. The van der Waals surface area contributed by atoms with E-state index in [1.54, 1.807) is 0 Å².